The van der Waals surface area contributed by atoms with E-state index in [1.54, 1.807) is 13.0 Å². The molecule has 3 rings (SSSR count). The summed E-state index contributed by atoms with van der Waals surface area (Å²) in [7, 11) is 2.08. The minimum absolute atomic E-state index is 0.229. The van der Waals surface area contributed by atoms with Crippen molar-refractivity contribution in [1.82, 2.24) is 10.2 Å². The van der Waals surface area contributed by atoms with Gasteiger partial charge < -0.3 is 9.73 Å². The number of carbonyl (C=O) groups is 1. The zero-order chi connectivity index (χ0) is 19.6. The van der Waals surface area contributed by atoms with Gasteiger partial charge in [-0.05, 0) is 57.1 Å². The number of carbonyl (C=O) groups excluding carboxylic acids is 1. The Balaban J connectivity index is 1.76. The van der Waals surface area contributed by atoms with E-state index in [1.807, 2.05) is 18.2 Å². The maximum Gasteiger partial charge on any atom is 0.287 e. The van der Waals surface area contributed by atoms with Crippen LogP contribution in [0.15, 0.2) is 46.9 Å². The van der Waals surface area contributed by atoms with Gasteiger partial charge in [-0.15, -0.1) is 0 Å². The number of aryl methyl sites for hydroxylation is 1. The van der Waals surface area contributed by atoms with Crippen molar-refractivity contribution in [2.24, 2.45) is 0 Å². The molecule has 142 valence electrons. The molecule has 0 radical (unpaired) electrons. The lowest BCUT2D eigenvalue weighted by molar-refractivity contribution is 0.0924. The quantitative estimate of drug-likeness (QED) is 0.689. The Bertz CT molecular complexity index is 962. The first-order valence-corrected chi connectivity index (χ1v) is 9.10. The van der Waals surface area contributed by atoms with E-state index in [0.29, 0.717) is 29.1 Å². The smallest absolute Gasteiger partial charge is 0.287 e. The number of amides is 1. The monoisotopic (exact) mass is 368 g/mol. The summed E-state index contributed by atoms with van der Waals surface area (Å²) in [6, 6.07) is 12.8. The van der Waals surface area contributed by atoms with Crippen LogP contribution in [0.3, 0.4) is 0 Å². The summed E-state index contributed by atoms with van der Waals surface area (Å²) >= 11 is 0. The Kier molecular flexibility index (Phi) is 5.61. The highest BCUT2D eigenvalue weighted by molar-refractivity contribution is 5.98. The van der Waals surface area contributed by atoms with Crippen LogP contribution in [0.25, 0.3) is 11.0 Å². The molecule has 1 aromatic heterocycles. The predicted molar refractivity (Wildman–Crippen MR) is 105 cm³/mol. The number of fused-ring (bicyclic) bond motifs is 1. The van der Waals surface area contributed by atoms with Crippen molar-refractivity contribution in [2.45, 2.75) is 39.9 Å². The van der Waals surface area contributed by atoms with Crippen molar-refractivity contribution in [3.8, 4) is 0 Å². The molecule has 0 aliphatic heterocycles. The van der Waals surface area contributed by atoms with Crippen molar-refractivity contribution in [1.29, 1.82) is 0 Å². The van der Waals surface area contributed by atoms with Crippen LogP contribution < -0.4 is 5.32 Å². The number of furan rings is 1. The molecular formula is C22H25FN2O2. The van der Waals surface area contributed by atoms with Crippen LogP contribution in [0, 0.1) is 12.7 Å². The minimum Gasteiger partial charge on any atom is -0.451 e. The average molecular weight is 368 g/mol. The molecule has 0 atom stereocenters. The summed E-state index contributed by atoms with van der Waals surface area (Å²) in [5, 5.41) is 3.55. The van der Waals surface area contributed by atoms with Gasteiger partial charge in [0, 0.05) is 30.1 Å². The molecule has 0 bridgehead atoms. The Morgan fingerprint density at radius 3 is 2.59 bits per heavy atom. The maximum absolute atomic E-state index is 13.5. The third-order valence-corrected chi connectivity index (χ3v) is 4.96. The first-order valence-electron chi connectivity index (χ1n) is 9.10. The normalized spacial score (nSPS) is 11.5. The zero-order valence-electron chi connectivity index (χ0n) is 16.2. The van der Waals surface area contributed by atoms with Gasteiger partial charge in [0.25, 0.3) is 5.91 Å². The molecule has 4 nitrogen and oxygen atoms in total. The van der Waals surface area contributed by atoms with Crippen molar-refractivity contribution in [3.05, 3.63) is 70.7 Å². The van der Waals surface area contributed by atoms with E-state index >= 15 is 0 Å². The summed E-state index contributed by atoms with van der Waals surface area (Å²) in [5.74, 6) is -0.412. The van der Waals surface area contributed by atoms with E-state index in [-0.39, 0.29) is 17.5 Å². The number of hydrogen-bond donors (Lipinski definition) is 1. The lowest BCUT2D eigenvalue weighted by atomic mass is 10.1. The molecule has 5 heteroatoms. The standard InChI is InChI=1S/C22H25FN2O2/c1-14(2)25(4)13-17-8-6-5-7-16(17)12-24-22(26)21-15(3)19-11-18(23)9-10-20(19)27-21/h5-11,14H,12-13H2,1-4H3,(H,24,26). The van der Waals surface area contributed by atoms with Crippen LogP contribution in [0.5, 0.6) is 0 Å². The van der Waals surface area contributed by atoms with Crippen LogP contribution in [0.4, 0.5) is 4.39 Å². The second kappa shape index (κ2) is 7.92. The topological polar surface area (TPSA) is 45.5 Å². The SMILES string of the molecule is Cc1c(C(=O)NCc2ccccc2CN(C)C(C)C)oc2ccc(F)cc12. The first-order chi connectivity index (χ1) is 12.9. The van der Waals surface area contributed by atoms with Crippen LogP contribution in [-0.2, 0) is 13.1 Å². The van der Waals surface area contributed by atoms with Crippen molar-refractivity contribution in [2.75, 3.05) is 7.05 Å². The molecule has 0 fully saturated rings. The number of nitrogens with zero attached hydrogens (tertiary/aromatic N) is 1. The fourth-order valence-electron chi connectivity index (χ4n) is 3.00. The van der Waals surface area contributed by atoms with E-state index in [0.717, 1.165) is 12.1 Å². The van der Waals surface area contributed by atoms with Gasteiger partial charge in [0.1, 0.15) is 11.4 Å². The molecule has 0 aliphatic rings. The highest BCUT2D eigenvalue weighted by Gasteiger charge is 2.18. The van der Waals surface area contributed by atoms with Crippen LogP contribution in [0.1, 0.15) is 41.1 Å². The Morgan fingerprint density at radius 2 is 1.89 bits per heavy atom. The Labute approximate surface area is 159 Å². The van der Waals surface area contributed by atoms with Gasteiger partial charge in [-0.2, -0.15) is 0 Å². The Hall–Kier alpha value is -2.66. The second-order valence-corrected chi connectivity index (χ2v) is 7.16. The van der Waals surface area contributed by atoms with Crippen LogP contribution in [-0.4, -0.2) is 23.9 Å². The highest BCUT2D eigenvalue weighted by atomic mass is 19.1. The molecule has 0 unspecified atom stereocenters. The summed E-state index contributed by atoms with van der Waals surface area (Å²) < 4.78 is 19.1. The minimum atomic E-state index is -0.346. The zero-order valence-corrected chi connectivity index (χ0v) is 16.2. The fraction of sp³-hybridized carbons (Fsp3) is 0.318. The third kappa shape index (κ3) is 4.19. The Morgan fingerprint density at radius 1 is 1.19 bits per heavy atom. The van der Waals surface area contributed by atoms with Gasteiger partial charge in [-0.25, -0.2) is 4.39 Å². The van der Waals surface area contributed by atoms with E-state index in [9.17, 15) is 9.18 Å². The summed E-state index contributed by atoms with van der Waals surface area (Å²) in [6.07, 6.45) is 0. The lowest BCUT2D eigenvalue weighted by Crippen LogP contribution is -2.27. The number of halogens is 1. The number of rotatable bonds is 6. The first kappa shape index (κ1) is 19.1. The molecule has 3 aromatic rings. The maximum atomic E-state index is 13.5. The average Bonchev–Trinajstić information content (AvgIpc) is 2.97. The lowest BCUT2D eigenvalue weighted by Gasteiger charge is -2.22. The summed E-state index contributed by atoms with van der Waals surface area (Å²) in [5.41, 5.74) is 3.41. The molecule has 0 spiro atoms. The van der Waals surface area contributed by atoms with E-state index in [2.05, 4.69) is 37.2 Å². The molecule has 2 aromatic carbocycles. The highest BCUT2D eigenvalue weighted by Crippen LogP contribution is 2.26. The van der Waals surface area contributed by atoms with Gasteiger partial charge in [0.2, 0.25) is 0 Å². The van der Waals surface area contributed by atoms with Crippen LogP contribution in [0.2, 0.25) is 0 Å². The molecule has 0 aliphatic carbocycles. The second-order valence-electron chi connectivity index (χ2n) is 7.16. The molecule has 0 saturated carbocycles. The fourth-order valence-corrected chi connectivity index (χ4v) is 3.00. The van der Waals surface area contributed by atoms with E-state index in [1.165, 1.54) is 17.7 Å². The van der Waals surface area contributed by atoms with Gasteiger partial charge in [0.05, 0.1) is 0 Å². The number of hydrogen-bond acceptors (Lipinski definition) is 3. The number of nitrogens with one attached hydrogen (secondary N) is 1. The van der Waals surface area contributed by atoms with E-state index < -0.39 is 0 Å². The molecular weight excluding hydrogens is 343 g/mol. The molecule has 0 saturated heterocycles. The third-order valence-electron chi connectivity index (χ3n) is 4.96. The van der Waals surface area contributed by atoms with Gasteiger partial charge in [0.15, 0.2) is 5.76 Å². The van der Waals surface area contributed by atoms with Gasteiger partial charge in [-0.3, -0.25) is 9.69 Å². The van der Waals surface area contributed by atoms with Crippen molar-refractivity contribution >= 4 is 16.9 Å². The van der Waals surface area contributed by atoms with Gasteiger partial charge >= 0.3 is 0 Å². The summed E-state index contributed by atoms with van der Waals surface area (Å²) in [6.45, 7) is 7.29. The van der Waals surface area contributed by atoms with Gasteiger partial charge in [-0.1, -0.05) is 24.3 Å². The van der Waals surface area contributed by atoms with Crippen LogP contribution >= 0.6 is 0 Å². The molecule has 1 heterocycles. The number of benzene rings is 2. The van der Waals surface area contributed by atoms with E-state index in [4.69, 9.17) is 4.42 Å². The summed E-state index contributed by atoms with van der Waals surface area (Å²) in [4.78, 5) is 14.9. The molecule has 1 amide bonds. The largest absolute Gasteiger partial charge is 0.451 e. The predicted octanol–water partition coefficient (Wildman–Crippen LogP) is 4.65. The van der Waals surface area contributed by atoms with Crippen molar-refractivity contribution < 1.29 is 13.6 Å². The molecule has 1 N–H and O–H groups in total. The van der Waals surface area contributed by atoms with Crippen molar-refractivity contribution in [3.63, 3.8) is 0 Å². The molecule has 27 heavy (non-hydrogen) atoms.